The van der Waals surface area contributed by atoms with Gasteiger partial charge in [-0.05, 0) is 41.5 Å². The molecule has 5 heteroatoms. The third-order valence-electron chi connectivity index (χ3n) is 2.35. The molecule has 1 aliphatic heterocycles. The number of amides is 1. The predicted molar refractivity (Wildman–Crippen MR) is 63.7 cm³/mol. The molecule has 17 heavy (non-hydrogen) atoms. The minimum Gasteiger partial charge on any atom is -0.444 e. The van der Waals surface area contributed by atoms with Gasteiger partial charge in [-0.1, -0.05) is 0 Å². The van der Waals surface area contributed by atoms with Gasteiger partial charge in [0.15, 0.2) is 5.79 Å². The zero-order valence-electron chi connectivity index (χ0n) is 11.5. The van der Waals surface area contributed by atoms with Gasteiger partial charge < -0.3 is 19.5 Å². The number of carbonyl (C=O) groups is 1. The first-order valence-corrected chi connectivity index (χ1v) is 5.90. The van der Waals surface area contributed by atoms with Crippen LogP contribution in [0.4, 0.5) is 4.79 Å². The van der Waals surface area contributed by atoms with E-state index in [4.69, 9.17) is 14.2 Å². The van der Waals surface area contributed by atoms with Crippen LogP contribution < -0.4 is 5.32 Å². The van der Waals surface area contributed by atoms with Crippen molar-refractivity contribution in [3.05, 3.63) is 0 Å². The average molecular weight is 245 g/mol. The van der Waals surface area contributed by atoms with Crippen LogP contribution >= 0.6 is 0 Å². The SMILES string of the molecule is C[C@H]1OC(C)(C)OC[C@@H]1NC(=O)OC(C)(C)C. The maximum atomic E-state index is 11.6. The lowest BCUT2D eigenvalue weighted by atomic mass is 10.1. The highest BCUT2D eigenvalue weighted by Gasteiger charge is 2.35. The molecule has 5 nitrogen and oxygen atoms in total. The highest BCUT2D eigenvalue weighted by Crippen LogP contribution is 2.22. The Balaban J connectivity index is 2.45. The summed E-state index contributed by atoms with van der Waals surface area (Å²) in [5, 5.41) is 2.75. The van der Waals surface area contributed by atoms with E-state index >= 15 is 0 Å². The van der Waals surface area contributed by atoms with Crippen molar-refractivity contribution in [3.8, 4) is 0 Å². The lowest BCUT2D eigenvalue weighted by Gasteiger charge is -2.39. The summed E-state index contributed by atoms with van der Waals surface area (Å²) in [5.74, 6) is -0.592. The first kappa shape index (κ1) is 14.3. The fourth-order valence-corrected chi connectivity index (χ4v) is 1.61. The molecule has 0 radical (unpaired) electrons. The van der Waals surface area contributed by atoms with E-state index in [1.165, 1.54) is 0 Å². The van der Waals surface area contributed by atoms with Crippen LogP contribution in [0.5, 0.6) is 0 Å². The molecular formula is C12H23NO4. The zero-order chi connectivity index (χ0) is 13.3. The second-order valence-corrected chi connectivity index (χ2v) is 5.79. The van der Waals surface area contributed by atoms with E-state index in [2.05, 4.69) is 5.32 Å². The molecule has 100 valence electrons. The Hall–Kier alpha value is -0.810. The Labute approximate surface area is 103 Å². The minimum absolute atomic E-state index is 0.105. The fraction of sp³-hybridized carbons (Fsp3) is 0.917. The summed E-state index contributed by atoms with van der Waals surface area (Å²) >= 11 is 0. The third kappa shape index (κ3) is 4.91. The van der Waals surface area contributed by atoms with Crippen LogP contribution in [-0.2, 0) is 14.2 Å². The molecule has 1 amide bonds. The molecule has 0 bridgehead atoms. The predicted octanol–water partition coefficient (Wildman–Crippen LogP) is 2.05. The van der Waals surface area contributed by atoms with E-state index in [0.29, 0.717) is 6.61 Å². The van der Waals surface area contributed by atoms with E-state index in [1.54, 1.807) is 0 Å². The highest BCUT2D eigenvalue weighted by molar-refractivity contribution is 5.68. The van der Waals surface area contributed by atoms with Gasteiger partial charge in [-0.2, -0.15) is 0 Å². The topological polar surface area (TPSA) is 56.8 Å². The molecule has 0 aromatic heterocycles. The molecule has 1 heterocycles. The molecule has 0 saturated carbocycles. The summed E-state index contributed by atoms with van der Waals surface area (Å²) in [5.41, 5.74) is -0.497. The number of hydrogen-bond donors (Lipinski definition) is 1. The van der Waals surface area contributed by atoms with Crippen LogP contribution in [0.2, 0.25) is 0 Å². The van der Waals surface area contributed by atoms with Crippen molar-refractivity contribution < 1.29 is 19.0 Å². The molecule has 0 aromatic rings. The van der Waals surface area contributed by atoms with E-state index in [1.807, 2.05) is 41.5 Å². The van der Waals surface area contributed by atoms with Gasteiger partial charge in [0.05, 0.1) is 18.8 Å². The van der Waals surface area contributed by atoms with Crippen molar-refractivity contribution in [2.45, 2.75) is 65.1 Å². The number of nitrogens with one attached hydrogen (secondary N) is 1. The van der Waals surface area contributed by atoms with Crippen molar-refractivity contribution in [2.75, 3.05) is 6.61 Å². The molecule has 0 aromatic carbocycles. The number of carbonyl (C=O) groups excluding carboxylic acids is 1. The fourth-order valence-electron chi connectivity index (χ4n) is 1.61. The van der Waals surface area contributed by atoms with Crippen molar-refractivity contribution >= 4 is 6.09 Å². The van der Waals surface area contributed by atoms with Crippen LogP contribution in [0.1, 0.15) is 41.5 Å². The first-order valence-electron chi connectivity index (χ1n) is 5.90. The van der Waals surface area contributed by atoms with Crippen LogP contribution in [0.25, 0.3) is 0 Å². The lowest BCUT2D eigenvalue weighted by molar-refractivity contribution is -0.277. The summed E-state index contributed by atoms with van der Waals surface area (Å²) < 4.78 is 16.3. The molecule has 1 aliphatic rings. The standard InChI is InChI=1S/C12H23NO4/c1-8-9(7-15-12(5,6)16-8)13-10(14)17-11(2,3)4/h8-9H,7H2,1-6H3,(H,13,14)/t8-,9+/m1/s1. The Morgan fingerprint density at radius 2 is 2.00 bits per heavy atom. The van der Waals surface area contributed by atoms with Gasteiger partial charge in [-0.15, -0.1) is 0 Å². The number of rotatable bonds is 1. The largest absolute Gasteiger partial charge is 0.444 e. The number of ether oxygens (including phenoxy) is 3. The quantitative estimate of drug-likeness (QED) is 0.768. The van der Waals surface area contributed by atoms with Gasteiger partial charge in [0.2, 0.25) is 0 Å². The molecule has 1 N–H and O–H groups in total. The molecule has 0 aliphatic carbocycles. The number of alkyl carbamates (subject to hydrolysis) is 1. The van der Waals surface area contributed by atoms with Gasteiger partial charge in [0.25, 0.3) is 0 Å². The maximum absolute atomic E-state index is 11.6. The molecule has 1 rings (SSSR count). The van der Waals surface area contributed by atoms with Gasteiger partial charge in [-0.25, -0.2) is 4.79 Å². The Bertz CT molecular complexity index is 283. The smallest absolute Gasteiger partial charge is 0.408 e. The molecule has 1 saturated heterocycles. The third-order valence-corrected chi connectivity index (χ3v) is 2.35. The van der Waals surface area contributed by atoms with Gasteiger partial charge >= 0.3 is 6.09 Å². The Kier molecular flexibility index (Phi) is 4.04. The molecule has 2 atom stereocenters. The van der Waals surface area contributed by atoms with Crippen LogP contribution in [0.15, 0.2) is 0 Å². The van der Waals surface area contributed by atoms with Crippen LogP contribution in [0, 0.1) is 0 Å². The second kappa shape index (κ2) is 4.82. The monoisotopic (exact) mass is 245 g/mol. The number of hydrogen-bond acceptors (Lipinski definition) is 4. The normalized spacial score (nSPS) is 28.6. The van der Waals surface area contributed by atoms with Gasteiger partial charge in [0, 0.05) is 0 Å². The maximum Gasteiger partial charge on any atom is 0.408 e. The van der Waals surface area contributed by atoms with Crippen LogP contribution in [0.3, 0.4) is 0 Å². The summed E-state index contributed by atoms with van der Waals surface area (Å²) in [6, 6.07) is -0.183. The van der Waals surface area contributed by atoms with Crippen molar-refractivity contribution in [1.82, 2.24) is 5.32 Å². The Morgan fingerprint density at radius 1 is 1.41 bits per heavy atom. The van der Waals surface area contributed by atoms with Crippen molar-refractivity contribution in [3.63, 3.8) is 0 Å². The van der Waals surface area contributed by atoms with Gasteiger partial charge in [-0.3, -0.25) is 0 Å². The lowest BCUT2D eigenvalue weighted by Crippen LogP contribution is -2.55. The van der Waals surface area contributed by atoms with Crippen LogP contribution in [-0.4, -0.2) is 36.2 Å². The average Bonchev–Trinajstić information content (AvgIpc) is 2.06. The van der Waals surface area contributed by atoms with E-state index in [0.717, 1.165) is 0 Å². The molecular weight excluding hydrogens is 222 g/mol. The minimum atomic E-state index is -0.592. The zero-order valence-corrected chi connectivity index (χ0v) is 11.5. The summed E-state index contributed by atoms with van der Waals surface area (Å²) in [6.45, 7) is 11.5. The molecule has 0 unspecified atom stereocenters. The van der Waals surface area contributed by atoms with Crippen molar-refractivity contribution in [1.29, 1.82) is 0 Å². The van der Waals surface area contributed by atoms with Gasteiger partial charge in [0.1, 0.15) is 5.60 Å². The van der Waals surface area contributed by atoms with E-state index < -0.39 is 17.5 Å². The van der Waals surface area contributed by atoms with E-state index in [-0.39, 0.29) is 12.1 Å². The Morgan fingerprint density at radius 3 is 2.47 bits per heavy atom. The van der Waals surface area contributed by atoms with Crippen molar-refractivity contribution in [2.24, 2.45) is 0 Å². The summed E-state index contributed by atoms with van der Waals surface area (Å²) in [6.07, 6.45) is -0.549. The summed E-state index contributed by atoms with van der Waals surface area (Å²) in [7, 11) is 0. The second-order valence-electron chi connectivity index (χ2n) is 5.79. The molecule has 0 spiro atoms. The first-order chi connectivity index (χ1) is 7.59. The molecule has 1 fully saturated rings. The van der Waals surface area contributed by atoms with E-state index in [9.17, 15) is 4.79 Å². The highest BCUT2D eigenvalue weighted by atomic mass is 16.7. The summed E-state index contributed by atoms with van der Waals surface area (Å²) in [4.78, 5) is 11.6.